The van der Waals surface area contributed by atoms with Crippen molar-refractivity contribution in [2.24, 2.45) is 0 Å². The van der Waals surface area contributed by atoms with Gasteiger partial charge in [-0.25, -0.2) is 4.79 Å². The van der Waals surface area contributed by atoms with E-state index in [2.05, 4.69) is 4.98 Å². The van der Waals surface area contributed by atoms with Gasteiger partial charge in [0.25, 0.3) is 0 Å². The fourth-order valence-electron chi connectivity index (χ4n) is 2.07. The molecular formula is C14H18BNO4. The monoisotopic (exact) mass is 275 g/mol. The molecule has 0 bridgehead atoms. The Morgan fingerprint density at radius 1 is 1.30 bits per heavy atom. The van der Waals surface area contributed by atoms with Crippen LogP contribution >= 0.6 is 0 Å². The summed E-state index contributed by atoms with van der Waals surface area (Å²) in [5.41, 5.74) is 1.26. The molecule has 3 N–H and O–H groups in total. The number of carbonyl (C=O) groups excluding carboxylic acids is 1. The number of esters is 1. The van der Waals surface area contributed by atoms with E-state index >= 15 is 0 Å². The molecular weight excluding hydrogens is 257 g/mol. The lowest BCUT2D eigenvalue weighted by molar-refractivity contribution is 0.00729. The van der Waals surface area contributed by atoms with Crippen LogP contribution in [0, 0.1) is 6.92 Å². The molecule has 0 amide bonds. The van der Waals surface area contributed by atoms with Gasteiger partial charge in [-0.3, -0.25) is 0 Å². The van der Waals surface area contributed by atoms with Crippen LogP contribution in [-0.2, 0) is 4.74 Å². The summed E-state index contributed by atoms with van der Waals surface area (Å²) >= 11 is 0. The number of H-pyrrole nitrogens is 1. The Kier molecular flexibility index (Phi) is 3.62. The third-order valence-corrected chi connectivity index (χ3v) is 2.84. The molecule has 0 unspecified atom stereocenters. The number of fused-ring (bicyclic) bond motifs is 1. The average Bonchev–Trinajstić information content (AvgIpc) is 2.64. The van der Waals surface area contributed by atoms with Crippen molar-refractivity contribution in [3.05, 3.63) is 29.3 Å². The molecule has 20 heavy (non-hydrogen) atoms. The van der Waals surface area contributed by atoms with Crippen LogP contribution in [0.5, 0.6) is 0 Å². The summed E-state index contributed by atoms with van der Waals surface area (Å²) in [6.07, 6.45) is 0. The number of hydrogen-bond acceptors (Lipinski definition) is 4. The standard InChI is InChI=1S/C14H18BNO4/c1-8-5-6-9-10(7-8)16-12(15(18)19)11(9)13(17)20-14(2,3)4/h5-7,16,18-19H,1-4H3. The molecule has 0 radical (unpaired) electrons. The molecule has 0 fully saturated rings. The van der Waals surface area contributed by atoms with Crippen LogP contribution in [0.25, 0.3) is 10.9 Å². The Labute approximate surface area is 117 Å². The topological polar surface area (TPSA) is 82.6 Å². The van der Waals surface area contributed by atoms with Gasteiger partial charge in [-0.05, 0) is 39.3 Å². The first kappa shape index (κ1) is 14.6. The highest BCUT2D eigenvalue weighted by molar-refractivity contribution is 6.60. The minimum Gasteiger partial charge on any atom is -0.456 e. The molecule has 2 aromatic rings. The van der Waals surface area contributed by atoms with Crippen LogP contribution in [-0.4, -0.2) is 33.7 Å². The Bertz CT molecular complexity index is 655. The molecule has 0 saturated carbocycles. The molecule has 0 aliphatic rings. The Morgan fingerprint density at radius 2 is 1.95 bits per heavy atom. The lowest BCUT2D eigenvalue weighted by Crippen LogP contribution is -2.37. The molecule has 0 saturated heterocycles. The van der Waals surface area contributed by atoms with Gasteiger partial charge in [0.05, 0.1) is 11.2 Å². The third-order valence-electron chi connectivity index (χ3n) is 2.84. The molecule has 6 heteroatoms. The maximum Gasteiger partial charge on any atom is 0.506 e. The van der Waals surface area contributed by atoms with Gasteiger partial charge in [-0.15, -0.1) is 0 Å². The van der Waals surface area contributed by atoms with Crippen molar-refractivity contribution >= 4 is 29.6 Å². The fraction of sp³-hybridized carbons (Fsp3) is 0.357. The minimum atomic E-state index is -1.76. The van der Waals surface area contributed by atoms with Crippen LogP contribution in [0.15, 0.2) is 18.2 Å². The first-order valence-electron chi connectivity index (χ1n) is 6.41. The predicted octanol–water partition coefficient (Wildman–Crippen LogP) is 1.11. The lowest BCUT2D eigenvalue weighted by Gasteiger charge is -2.19. The highest BCUT2D eigenvalue weighted by Crippen LogP contribution is 2.21. The molecule has 5 nitrogen and oxygen atoms in total. The first-order valence-corrected chi connectivity index (χ1v) is 6.41. The van der Waals surface area contributed by atoms with Gasteiger partial charge >= 0.3 is 13.1 Å². The van der Waals surface area contributed by atoms with Crippen molar-refractivity contribution in [3.8, 4) is 0 Å². The summed E-state index contributed by atoms with van der Waals surface area (Å²) in [7, 11) is -1.76. The van der Waals surface area contributed by atoms with Gasteiger partial charge in [0.1, 0.15) is 5.60 Å². The number of ether oxygens (including phenoxy) is 1. The fourth-order valence-corrected chi connectivity index (χ4v) is 2.07. The predicted molar refractivity (Wildman–Crippen MR) is 78.0 cm³/mol. The van der Waals surface area contributed by atoms with E-state index < -0.39 is 18.7 Å². The molecule has 0 aliphatic carbocycles. The molecule has 0 aliphatic heterocycles. The molecule has 1 heterocycles. The van der Waals surface area contributed by atoms with Crippen molar-refractivity contribution in [2.75, 3.05) is 0 Å². The van der Waals surface area contributed by atoms with E-state index in [1.54, 1.807) is 26.8 Å². The van der Waals surface area contributed by atoms with Gasteiger partial charge in [-0.1, -0.05) is 12.1 Å². The zero-order chi connectivity index (χ0) is 15.1. The largest absolute Gasteiger partial charge is 0.506 e. The van der Waals surface area contributed by atoms with Gasteiger partial charge in [0, 0.05) is 10.9 Å². The second kappa shape index (κ2) is 4.96. The SMILES string of the molecule is Cc1ccc2c(C(=O)OC(C)(C)C)c(B(O)O)[nH]c2c1. The van der Waals surface area contributed by atoms with Crippen LogP contribution < -0.4 is 5.59 Å². The molecule has 0 spiro atoms. The van der Waals surface area contributed by atoms with E-state index in [4.69, 9.17) is 4.74 Å². The number of nitrogens with one attached hydrogen (secondary N) is 1. The van der Waals surface area contributed by atoms with Gasteiger partial charge in [-0.2, -0.15) is 0 Å². The molecule has 2 rings (SSSR count). The first-order chi connectivity index (χ1) is 9.19. The Balaban J connectivity index is 2.60. The van der Waals surface area contributed by atoms with E-state index in [9.17, 15) is 14.8 Å². The second-order valence-electron chi connectivity index (χ2n) is 5.84. The third kappa shape index (κ3) is 2.86. The van der Waals surface area contributed by atoms with E-state index in [0.717, 1.165) is 5.56 Å². The van der Waals surface area contributed by atoms with Crippen molar-refractivity contribution in [1.82, 2.24) is 4.98 Å². The smallest absolute Gasteiger partial charge is 0.456 e. The second-order valence-corrected chi connectivity index (χ2v) is 5.84. The zero-order valence-corrected chi connectivity index (χ0v) is 12.0. The van der Waals surface area contributed by atoms with Crippen LogP contribution in [0.3, 0.4) is 0 Å². The summed E-state index contributed by atoms with van der Waals surface area (Å²) in [5.74, 6) is -0.573. The quantitative estimate of drug-likeness (QED) is 0.566. The number of aromatic nitrogens is 1. The van der Waals surface area contributed by atoms with Gasteiger partial charge < -0.3 is 19.8 Å². The number of hydrogen-bond donors (Lipinski definition) is 3. The summed E-state index contributed by atoms with van der Waals surface area (Å²) in [6.45, 7) is 7.21. The molecule has 0 atom stereocenters. The van der Waals surface area contributed by atoms with Gasteiger partial charge in [0.2, 0.25) is 0 Å². The van der Waals surface area contributed by atoms with Crippen molar-refractivity contribution in [2.45, 2.75) is 33.3 Å². The average molecular weight is 275 g/mol. The molecule has 1 aromatic heterocycles. The van der Waals surface area contributed by atoms with Crippen molar-refractivity contribution < 1.29 is 19.6 Å². The zero-order valence-electron chi connectivity index (χ0n) is 12.0. The van der Waals surface area contributed by atoms with Crippen molar-refractivity contribution in [1.29, 1.82) is 0 Å². The number of aromatic amines is 1. The number of rotatable bonds is 2. The summed E-state index contributed by atoms with van der Waals surface area (Å²) < 4.78 is 5.33. The number of benzene rings is 1. The lowest BCUT2D eigenvalue weighted by atomic mass is 9.83. The maximum atomic E-state index is 12.3. The Morgan fingerprint density at radius 3 is 2.50 bits per heavy atom. The minimum absolute atomic E-state index is 0.0554. The normalized spacial score (nSPS) is 11.7. The summed E-state index contributed by atoms with van der Waals surface area (Å²) in [4.78, 5) is 15.2. The van der Waals surface area contributed by atoms with Crippen LogP contribution in [0.2, 0.25) is 0 Å². The Hall–Kier alpha value is -1.79. The van der Waals surface area contributed by atoms with E-state index in [1.807, 2.05) is 19.1 Å². The maximum absolute atomic E-state index is 12.3. The highest BCUT2D eigenvalue weighted by Gasteiger charge is 2.29. The van der Waals surface area contributed by atoms with E-state index in [0.29, 0.717) is 10.9 Å². The van der Waals surface area contributed by atoms with Crippen LogP contribution in [0.4, 0.5) is 0 Å². The summed E-state index contributed by atoms with van der Waals surface area (Å²) in [6, 6.07) is 5.47. The van der Waals surface area contributed by atoms with Gasteiger partial charge in [0.15, 0.2) is 0 Å². The highest BCUT2D eigenvalue weighted by atomic mass is 16.6. The number of aryl methyl sites for hydroxylation is 1. The van der Waals surface area contributed by atoms with E-state index in [1.165, 1.54) is 0 Å². The van der Waals surface area contributed by atoms with Crippen molar-refractivity contribution in [3.63, 3.8) is 0 Å². The van der Waals surface area contributed by atoms with E-state index in [-0.39, 0.29) is 11.2 Å². The summed E-state index contributed by atoms with van der Waals surface area (Å²) in [5, 5.41) is 19.5. The molecule has 106 valence electrons. The number of carbonyl (C=O) groups is 1. The van der Waals surface area contributed by atoms with Crippen LogP contribution in [0.1, 0.15) is 36.7 Å². The molecule has 1 aromatic carbocycles.